The molecule has 2 aromatic carbocycles. The third-order valence-electron chi connectivity index (χ3n) is 5.06. The number of hydrogen-bond acceptors (Lipinski definition) is 3. The molecule has 0 atom stereocenters. The largest absolute Gasteiger partial charge is 0.356 e. The number of nitrogens with zero attached hydrogens (tertiary/aromatic N) is 5. The maximum atomic E-state index is 4.63. The SMILES string of the molecule is CN=C(NCCCn1c(C)nc2ccccc21)NCc1cccc(-n2cccn2)c1.I. The first-order valence-corrected chi connectivity index (χ1v) is 10.2. The Hall–Kier alpha value is -2.88. The van der Waals surface area contributed by atoms with Crippen molar-refractivity contribution in [1.29, 1.82) is 0 Å². The van der Waals surface area contributed by atoms with E-state index in [4.69, 9.17) is 0 Å². The molecule has 2 aromatic heterocycles. The molecule has 0 aliphatic heterocycles. The summed E-state index contributed by atoms with van der Waals surface area (Å²) in [5.74, 6) is 1.85. The van der Waals surface area contributed by atoms with E-state index in [9.17, 15) is 0 Å². The minimum absolute atomic E-state index is 0. The van der Waals surface area contributed by atoms with Crippen LogP contribution in [0.25, 0.3) is 16.7 Å². The van der Waals surface area contributed by atoms with E-state index < -0.39 is 0 Å². The van der Waals surface area contributed by atoms with Crippen LogP contribution in [0, 0.1) is 6.92 Å². The summed E-state index contributed by atoms with van der Waals surface area (Å²) >= 11 is 0. The van der Waals surface area contributed by atoms with Gasteiger partial charge in [0, 0.05) is 39.1 Å². The monoisotopic (exact) mass is 529 g/mol. The molecule has 0 spiro atoms. The van der Waals surface area contributed by atoms with Crippen molar-refractivity contribution in [2.45, 2.75) is 26.4 Å². The van der Waals surface area contributed by atoms with Crippen LogP contribution in [-0.4, -0.2) is 38.9 Å². The number of hydrogen-bond donors (Lipinski definition) is 2. The number of guanidine groups is 1. The van der Waals surface area contributed by atoms with E-state index in [-0.39, 0.29) is 24.0 Å². The zero-order valence-corrected chi connectivity index (χ0v) is 20.2. The van der Waals surface area contributed by atoms with Gasteiger partial charge in [-0.1, -0.05) is 24.3 Å². The van der Waals surface area contributed by atoms with Crippen LogP contribution in [0.5, 0.6) is 0 Å². The number of rotatable bonds is 7. The summed E-state index contributed by atoms with van der Waals surface area (Å²) in [6.45, 7) is 4.51. The van der Waals surface area contributed by atoms with E-state index in [0.29, 0.717) is 6.54 Å². The quantitative estimate of drug-likeness (QED) is 0.165. The maximum absolute atomic E-state index is 4.63. The second-order valence-corrected chi connectivity index (χ2v) is 7.13. The van der Waals surface area contributed by atoms with Gasteiger partial charge in [-0.25, -0.2) is 9.67 Å². The summed E-state index contributed by atoms with van der Waals surface area (Å²) in [5, 5.41) is 11.1. The predicted molar refractivity (Wildman–Crippen MR) is 136 cm³/mol. The Morgan fingerprint density at radius 1 is 1.06 bits per heavy atom. The Morgan fingerprint density at radius 3 is 2.74 bits per heavy atom. The van der Waals surface area contributed by atoms with E-state index in [2.05, 4.69) is 67.5 Å². The summed E-state index contributed by atoms with van der Waals surface area (Å²) < 4.78 is 4.13. The highest BCUT2D eigenvalue weighted by atomic mass is 127. The normalized spacial score (nSPS) is 11.4. The molecule has 2 heterocycles. The number of benzene rings is 2. The highest BCUT2D eigenvalue weighted by Gasteiger charge is 2.06. The van der Waals surface area contributed by atoms with E-state index in [0.717, 1.165) is 42.5 Å². The molecule has 4 rings (SSSR count). The summed E-state index contributed by atoms with van der Waals surface area (Å²) in [6.07, 6.45) is 4.71. The van der Waals surface area contributed by atoms with Gasteiger partial charge in [-0.15, -0.1) is 24.0 Å². The van der Waals surface area contributed by atoms with Gasteiger partial charge in [-0.3, -0.25) is 4.99 Å². The average molecular weight is 529 g/mol. The molecule has 0 bridgehead atoms. The van der Waals surface area contributed by atoms with Crippen LogP contribution in [0.1, 0.15) is 17.8 Å². The number of para-hydroxylation sites is 2. The summed E-state index contributed by atoms with van der Waals surface area (Å²) in [7, 11) is 1.79. The molecule has 7 nitrogen and oxygen atoms in total. The van der Waals surface area contributed by atoms with E-state index in [1.165, 1.54) is 11.1 Å². The van der Waals surface area contributed by atoms with Gasteiger partial charge in [-0.05, 0) is 49.2 Å². The van der Waals surface area contributed by atoms with Crippen LogP contribution >= 0.6 is 24.0 Å². The smallest absolute Gasteiger partial charge is 0.191 e. The van der Waals surface area contributed by atoms with Crippen molar-refractivity contribution in [1.82, 2.24) is 30.0 Å². The van der Waals surface area contributed by atoms with Gasteiger partial charge >= 0.3 is 0 Å². The summed E-state index contributed by atoms with van der Waals surface area (Å²) in [4.78, 5) is 8.97. The zero-order chi connectivity index (χ0) is 20.8. The molecule has 0 saturated carbocycles. The van der Waals surface area contributed by atoms with E-state index in [1.807, 2.05) is 35.1 Å². The van der Waals surface area contributed by atoms with Crippen LogP contribution in [0.2, 0.25) is 0 Å². The molecule has 0 aliphatic carbocycles. The fourth-order valence-corrected chi connectivity index (χ4v) is 3.56. The van der Waals surface area contributed by atoms with Crippen LogP contribution in [-0.2, 0) is 13.1 Å². The maximum Gasteiger partial charge on any atom is 0.191 e. The lowest BCUT2D eigenvalue weighted by molar-refractivity contribution is 0.624. The Kier molecular flexibility index (Phi) is 8.05. The Morgan fingerprint density at radius 2 is 1.94 bits per heavy atom. The topological polar surface area (TPSA) is 72.1 Å². The molecular formula is C23H28IN7. The Bertz CT molecular complexity index is 1130. The van der Waals surface area contributed by atoms with Crippen molar-refractivity contribution in [3.8, 4) is 5.69 Å². The number of imidazole rings is 1. The van der Waals surface area contributed by atoms with Gasteiger partial charge in [0.05, 0.1) is 16.7 Å². The first-order chi connectivity index (χ1) is 14.7. The summed E-state index contributed by atoms with van der Waals surface area (Å²) in [5.41, 5.74) is 4.46. The number of aromatic nitrogens is 4. The van der Waals surface area contributed by atoms with Gasteiger partial charge in [0.25, 0.3) is 0 Å². The van der Waals surface area contributed by atoms with Crippen molar-refractivity contribution in [3.05, 3.63) is 78.4 Å². The first-order valence-electron chi connectivity index (χ1n) is 10.2. The van der Waals surface area contributed by atoms with Crippen molar-refractivity contribution in [2.75, 3.05) is 13.6 Å². The Labute approximate surface area is 199 Å². The predicted octanol–water partition coefficient (Wildman–Crippen LogP) is 3.90. The molecule has 31 heavy (non-hydrogen) atoms. The zero-order valence-electron chi connectivity index (χ0n) is 17.8. The third-order valence-corrected chi connectivity index (χ3v) is 5.06. The molecular weight excluding hydrogens is 501 g/mol. The van der Waals surface area contributed by atoms with E-state index in [1.54, 1.807) is 13.2 Å². The lowest BCUT2D eigenvalue weighted by Gasteiger charge is -2.13. The third kappa shape index (κ3) is 5.63. The van der Waals surface area contributed by atoms with E-state index >= 15 is 0 Å². The van der Waals surface area contributed by atoms with Crippen LogP contribution in [0.3, 0.4) is 0 Å². The molecule has 0 aliphatic rings. The van der Waals surface area contributed by atoms with Crippen molar-refractivity contribution in [2.24, 2.45) is 4.99 Å². The summed E-state index contributed by atoms with van der Waals surface area (Å²) in [6, 6.07) is 18.5. The standard InChI is InChI=1S/C23H27N7.HI/c1-18-28-21-10-3-4-11-22(21)29(18)14-6-12-25-23(24-2)26-17-19-8-5-9-20(16-19)30-15-7-13-27-30;/h3-5,7-11,13,15-16H,6,12,14,17H2,1-2H3,(H2,24,25,26);1H. The van der Waals surface area contributed by atoms with Gasteiger partial charge in [-0.2, -0.15) is 5.10 Å². The molecule has 0 fully saturated rings. The minimum Gasteiger partial charge on any atom is -0.356 e. The second-order valence-electron chi connectivity index (χ2n) is 7.13. The molecule has 4 aromatic rings. The van der Waals surface area contributed by atoms with Gasteiger partial charge < -0.3 is 15.2 Å². The lowest BCUT2D eigenvalue weighted by atomic mass is 10.2. The molecule has 0 unspecified atom stereocenters. The van der Waals surface area contributed by atoms with Crippen LogP contribution in [0.15, 0.2) is 72.0 Å². The molecule has 0 amide bonds. The molecule has 2 N–H and O–H groups in total. The number of fused-ring (bicyclic) bond motifs is 1. The second kappa shape index (κ2) is 10.9. The average Bonchev–Trinajstić information content (AvgIpc) is 3.41. The molecule has 162 valence electrons. The van der Waals surface area contributed by atoms with Gasteiger partial charge in [0.2, 0.25) is 0 Å². The lowest BCUT2D eigenvalue weighted by Crippen LogP contribution is -2.37. The highest BCUT2D eigenvalue weighted by molar-refractivity contribution is 14.0. The highest BCUT2D eigenvalue weighted by Crippen LogP contribution is 2.15. The fraction of sp³-hybridized carbons (Fsp3) is 0.261. The number of aryl methyl sites for hydroxylation is 2. The number of halogens is 1. The van der Waals surface area contributed by atoms with Crippen LogP contribution < -0.4 is 10.6 Å². The minimum atomic E-state index is 0. The van der Waals surface area contributed by atoms with Crippen molar-refractivity contribution in [3.63, 3.8) is 0 Å². The fourth-order valence-electron chi connectivity index (χ4n) is 3.56. The first kappa shape index (κ1) is 22.8. The van der Waals surface area contributed by atoms with Crippen LogP contribution in [0.4, 0.5) is 0 Å². The van der Waals surface area contributed by atoms with Crippen molar-refractivity contribution < 1.29 is 0 Å². The number of aliphatic imine (C=N–C) groups is 1. The molecule has 0 radical (unpaired) electrons. The number of nitrogens with one attached hydrogen (secondary N) is 2. The van der Waals surface area contributed by atoms with Gasteiger partial charge in [0.15, 0.2) is 5.96 Å². The Balaban J connectivity index is 0.00000272. The van der Waals surface area contributed by atoms with Gasteiger partial charge in [0.1, 0.15) is 5.82 Å². The molecule has 8 heteroatoms. The van der Waals surface area contributed by atoms with Crippen molar-refractivity contribution >= 4 is 41.0 Å². The molecule has 0 saturated heterocycles.